The summed E-state index contributed by atoms with van der Waals surface area (Å²) >= 11 is 3.73. The lowest BCUT2D eigenvalue weighted by molar-refractivity contribution is -0.0674. The number of ether oxygens (including phenoxy) is 1. The molecule has 0 aromatic rings. The van der Waals surface area contributed by atoms with Gasteiger partial charge >= 0.3 is 0 Å². The van der Waals surface area contributed by atoms with Crippen molar-refractivity contribution in [2.45, 2.75) is 58.1 Å². The Labute approximate surface area is 114 Å². The third-order valence-corrected chi connectivity index (χ3v) is 6.11. The Morgan fingerprint density at radius 1 is 1.29 bits per heavy atom. The van der Waals surface area contributed by atoms with Crippen LogP contribution in [0.3, 0.4) is 0 Å². The molecule has 1 aliphatic heterocycles. The van der Waals surface area contributed by atoms with Gasteiger partial charge in [0, 0.05) is 24.5 Å². The quantitative estimate of drug-likeness (QED) is 0.721. The van der Waals surface area contributed by atoms with Crippen LogP contribution in [-0.4, -0.2) is 42.1 Å². The lowest BCUT2D eigenvalue weighted by Crippen LogP contribution is -2.52. The van der Waals surface area contributed by atoms with Crippen LogP contribution in [0.25, 0.3) is 0 Å². The van der Waals surface area contributed by atoms with Crippen LogP contribution in [0.1, 0.15) is 46.0 Å². The number of rotatable bonds is 5. The maximum Gasteiger partial charge on any atom is 0.0730 e. The van der Waals surface area contributed by atoms with Crippen molar-refractivity contribution >= 4 is 15.9 Å². The van der Waals surface area contributed by atoms with Crippen LogP contribution in [0.5, 0.6) is 0 Å². The first-order valence-corrected chi connectivity index (χ1v) is 8.28. The third kappa shape index (κ3) is 2.87. The summed E-state index contributed by atoms with van der Waals surface area (Å²) in [6.07, 6.45) is 7.04. The average molecular weight is 304 g/mol. The number of morpholine rings is 1. The molecule has 3 heteroatoms. The van der Waals surface area contributed by atoms with Crippen molar-refractivity contribution in [2.24, 2.45) is 5.41 Å². The first kappa shape index (κ1) is 13.8. The molecule has 2 unspecified atom stereocenters. The molecule has 1 saturated heterocycles. The first-order valence-electron chi connectivity index (χ1n) is 7.16. The highest BCUT2D eigenvalue weighted by molar-refractivity contribution is 9.09. The molecule has 17 heavy (non-hydrogen) atoms. The number of halogens is 1. The van der Waals surface area contributed by atoms with Gasteiger partial charge in [-0.2, -0.15) is 0 Å². The number of hydrogen-bond donors (Lipinski definition) is 0. The molecule has 0 spiro atoms. The Morgan fingerprint density at radius 3 is 2.71 bits per heavy atom. The average Bonchev–Trinajstić information content (AvgIpc) is 2.85. The van der Waals surface area contributed by atoms with E-state index in [1.165, 1.54) is 38.6 Å². The molecule has 0 amide bonds. The monoisotopic (exact) mass is 303 g/mol. The standard InChI is InChI=1S/C14H26BrNO/c1-3-14(4-2,10-15)11-16-8-9-17-13-7-5-6-12(13)16/h12-13H,3-11H2,1-2H3. The molecule has 1 aliphatic carbocycles. The van der Waals surface area contributed by atoms with E-state index in [1.807, 2.05) is 0 Å². The maximum atomic E-state index is 5.89. The topological polar surface area (TPSA) is 12.5 Å². The molecule has 100 valence electrons. The van der Waals surface area contributed by atoms with Crippen molar-refractivity contribution in [3.05, 3.63) is 0 Å². The molecule has 1 heterocycles. The molecule has 0 aromatic heterocycles. The minimum absolute atomic E-state index is 0.463. The van der Waals surface area contributed by atoms with E-state index in [-0.39, 0.29) is 0 Å². The van der Waals surface area contributed by atoms with Gasteiger partial charge in [-0.3, -0.25) is 4.90 Å². The molecule has 2 fully saturated rings. The highest BCUT2D eigenvalue weighted by Crippen LogP contribution is 2.35. The van der Waals surface area contributed by atoms with Gasteiger partial charge in [0.05, 0.1) is 12.7 Å². The molecule has 0 N–H and O–H groups in total. The number of hydrogen-bond acceptors (Lipinski definition) is 2. The fourth-order valence-corrected chi connectivity index (χ4v) is 4.31. The number of alkyl halides is 1. The summed E-state index contributed by atoms with van der Waals surface area (Å²) in [6.45, 7) is 7.98. The van der Waals surface area contributed by atoms with Gasteiger partial charge in [0.25, 0.3) is 0 Å². The summed E-state index contributed by atoms with van der Waals surface area (Å²) in [5, 5.41) is 1.13. The fourth-order valence-electron chi connectivity index (χ4n) is 3.34. The van der Waals surface area contributed by atoms with E-state index in [9.17, 15) is 0 Å². The molecule has 1 saturated carbocycles. The molecule has 0 radical (unpaired) electrons. The zero-order chi connectivity index (χ0) is 12.3. The van der Waals surface area contributed by atoms with Gasteiger partial charge in [-0.25, -0.2) is 0 Å². The van der Waals surface area contributed by atoms with Gasteiger partial charge in [-0.15, -0.1) is 0 Å². The molecule has 2 aliphatic rings. The van der Waals surface area contributed by atoms with Gasteiger partial charge in [0.15, 0.2) is 0 Å². The lowest BCUT2D eigenvalue weighted by atomic mass is 9.83. The summed E-state index contributed by atoms with van der Waals surface area (Å²) in [6, 6.07) is 0.709. The van der Waals surface area contributed by atoms with Crippen LogP contribution >= 0.6 is 15.9 Å². The smallest absolute Gasteiger partial charge is 0.0730 e. The zero-order valence-electron chi connectivity index (χ0n) is 11.3. The van der Waals surface area contributed by atoms with Crippen LogP contribution in [0.15, 0.2) is 0 Å². The van der Waals surface area contributed by atoms with Crippen LogP contribution in [0.4, 0.5) is 0 Å². The van der Waals surface area contributed by atoms with Crippen molar-refractivity contribution < 1.29 is 4.74 Å². The fraction of sp³-hybridized carbons (Fsp3) is 1.00. The number of fused-ring (bicyclic) bond motifs is 1. The van der Waals surface area contributed by atoms with Gasteiger partial charge in [-0.05, 0) is 37.5 Å². The van der Waals surface area contributed by atoms with Crippen molar-refractivity contribution in [2.75, 3.05) is 25.0 Å². The largest absolute Gasteiger partial charge is 0.375 e. The van der Waals surface area contributed by atoms with Crippen molar-refractivity contribution in [3.8, 4) is 0 Å². The van der Waals surface area contributed by atoms with E-state index in [1.54, 1.807) is 0 Å². The summed E-state index contributed by atoms with van der Waals surface area (Å²) in [5.41, 5.74) is 0.463. The van der Waals surface area contributed by atoms with Crippen molar-refractivity contribution in [1.29, 1.82) is 0 Å². The zero-order valence-corrected chi connectivity index (χ0v) is 12.8. The van der Waals surface area contributed by atoms with Gasteiger partial charge in [0.2, 0.25) is 0 Å². The normalized spacial score (nSPS) is 30.5. The van der Waals surface area contributed by atoms with E-state index in [0.717, 1.165) is 18.5 Å². The molecule has 0 aromatic carbocycles. The lowest BCUT2D eigenvalue weighted by Gasteiger charge is -2.43. The van der Waals surface area contributed by atoms with E-state index in [2.05, 4.69) is 34.7 Å². The Kier molecular flexibility index (Phi) is 4.90. The predicted molar refractivity (Wildman–Crippen MR) is 75.8 cm³/mol. The molecular formula is C14H26BrNO. The minimum atomic E-state index is 0.463. The highest BCUT2D eigenvalue weighted by atomic mass is 79.9. The van der Waals surface area contributed by atoms with Crippen LogP contribution in [-0.2, 0) is 4.74 Å². The van der Waals surface area contributed by atoms with Gasteiger partial charge < -0.3 is 4.74 Å². The maximum absolute atomic E-state index is 5.89. The third-order valence-electron chi connectivity index (χ3n) is 4.92. The van der Waals surface area contributed by atoms with E-state index < -0.39 is 0 Å². The second-order valence-corrected chi connectivity index (χ2v) is 6.28. The van der Waals surface area contributed by atoms with E-state index in [0.29, 0.717) is 17.6 Å². The molecule has 0 bridgehead atoms. The Morgan fingerprint density at radius 2 is 2.06 bits per heavy atom. The molecular weight excluding hydrogens is 278 g/mol. The van der Waals surface area contributed by atoms with E-state index >= 15 is 0 Å². The summed E-state index contributed by atoms with van der Waals surface area (Å²) in [4.78, 5) is 2.72. The van der Waals surface area contributed by atoms with E-state index in [4.69, 9.17) is 4.74 Å². The summed E-state index contributed by atoms with van der Waals surface area (Å²) in [7, 11) is 0. The summed E-state index contributed by atoms with van der Waals surface area (Å²) in [5.74, 6) is 0. The first-order chi connectivity index (χ1) is 8.24. The van der Waals surface area contributed by atoms with Crippen molar-refractivity contribution in [1.82, 2.24) is 4.90 Å². The SMILES string of the molecule is CCC(CC)(CBr)CN1CCOC2CCCC21. The number of nitrogens with zero attached hydrogens (tertiary/aromatic N) is 1. The second kappa shape index (κ2) is 6.03. The Balaban J connectivity index is 2.01. The summed E-state index contributed by atoms with van der Waals surface area (Å²) < 4.78 is 5.89. The van der Waals surface area contributed by atoms with Crippen LogP contribution in [0, 0.1) is 5.41 Å². The predicted octanol–water partition coefficient (Wildman–Crippen LogP) is 3.44. The van der Waals surface area contributed by atoms with Crippen LogP contribution in [0.2, 0.25) is 0 Å². The molecule has 2 rings (SSSR count). The van der Waals surface area contributed by atoms with Gasteiger partial charge in [-0.1, -0.05) is 29.8 Å². The molecule has 2 atom stereocenters. The van der Waals surface area contributed by atoms with Crippen LogP contribution < -0.4 is 0 Å². The highest BCUT2D eigenvalue weighted by Gasteiger charge is 2.39. The Hall–Kier alpha value is 0.400. The van der Waals surface area contributed by atoms with Crippen molar-refractivity contribution in [3.63, 3.8) is 0 Å². The van der Waals surface area contributed by atoms with Gasteiger partial charge in [0.1, 0.15) is 0 Å². The minimum Gasteiger partial charge on any atom is -0.375 e. The Bertz CT molecular complexity index is 234. The molecule has 2 nitrogen and oxygen atoms in total. The second-order valence-electron chi connectivity index (χ2n) is 5.72.